The fourth-order valence-corrected chi connectivity index (χ4v) is 5.82. The van der Waals surface area contributed by atoms with E-state index in [2.05, 4.69) is 17.0 Å². The van der Waals surface area contributed by atoms with E-state index in [9.17, 15) is 9.18 Å². The average molecular weight is 549 g/mol. The van der Waals surface area contributed by atoms with Crippen LogP contribution in [0.5, 0.6) is 23.1 Å². The second-order valence-corrected chi connectivity index (χ2v) is 10.3. The van der Waals surface area contributed by atoms with Crippen LogP contribution in [0.25, 0.3) is 28.0 Å². The molecule has 0 saturated heterocycles. The minimum atomic E-state index is -0.485. The van der Waals surface area contributed by atoms with E-state index >= 15 is 0 Å². The first-order valence-corrected chi connectivity index (χ1v) is 13.2. The monoisotopic (exact) mass is 548 g/mol. The average Bonchev–Trinajstić information content (AvgIpc) is 3.63. The lowest BCUT2D eigenvalue weighted by molar-refractivity contribution is 0.174. The fourth-order valence-electron chi connectivity index (χ4n) is 5.82. The number of fused-ring (bicyclic) bond motifs is 7. The van der Waals surface area contributed by atoms with Crippen molar-refractivity contribution in [1.82, 2.24) is 19.6 Å². The van der Waals surface area contributed by atoms with Gasteiger partial charge >= 0.3 is 5.63 Å². The van der Waals surface area contributed by atoms with E-state index in [1.807, 2.05) is 36.4 Å². The largest absolute Gasteiger partial charge is 0.454 e. The van der Waals surface area contributed by atoms with E-state index in [1.54, 1.807) is 22.7 Å². The molecule has 202 valence electrons. The Morgan fingerprint density at radius 2 is 1.85 bits per heavy atom. The lowest BCUT2D eigenvalue weighted by Gasteiger charge is -2.31. The Balaban J connectivity index is 1.32. The lowest BCUT2D eigenvalue weighted by atomic mass is 9.78. The second-order valence-electron chi connectivity index (χ2n) is 10.3. The Morgan fingerprint density at radius 3 is 2.73 bits per heavy atom. The minimum Gasteiger partial charge on any atom is -0.454 e. The van der Waals surface area contributed by atoms with Crippen LogP contribution in [0.3, 0.4) is 0 Å². The topological polar surface area (TPSA) is 101 Å². The molecule has 2 atom stereocenters. The van der Waals surface area contributed by atoms with Crippen molar-refractivity contribution in [2.45, 2.75) is 19.3 Å². The molecule has 9 nitrogen and oxygen atoms in total. The Kier molecular flexibility index (Phi) is 5.12. The number of halogens is 1. The van der Waals surface area contributed by atoms with E-state index in [1.165, 1.54) is 18.5 Å². The molecule has 41 heavy (non-hydrogen) atoms. The van der Waals surface area contributed by atoms with E-state index in [0.717, 1.165) is 5.56 Å². The number of ether oxygens (including phenoxy) is 3. The predicted molar refractivity (Wildman–Crippen MR) is 146 cm³/mol. The molecule has 0 spiro atoms. The first-order chi connectivity index (χ1) is 20.0. The van der Waals surface area contributed by atoms with Gasteiger partial charge in [-0.05, 0) is 66.4 Å². The molecule has 0 N–H and O–H groups in total. The Bertz CT molecular complexity index is 2050. The van der Waals surface area contributed by atoms with Crippen molar-refractivity contribution >= 4 is 16.6 Å². The molecule has 0 amide bonds. The third-order valence-electron chi connectivity index (χ3n) is 7.67. The summed E-state index contributed by atoms with van der Waals surface area (Å²) in [5.74, 6) is 1.62. The third-order valence-corrected chi connectivity index (χ3v) is 7.67. The molecule has 10 heteroatoms. The standard InChI is InChI=1S/C31H21FN4O5/c1-16(12-17-6-11-22-23(13-17)39-15-38-22)24-25-27(20-4-2-3-5-21(20)40-31(25)37)41-30-26(24)29-34-28(35-36(29)14-33-30)18-7-9-19(32)10-8-18/h2-11,13-14,16,24H,12,15H2,1H3. The maximum absolute atomic E-state index is 13.6. The molecular formula is C31H21FN4O5. The zero-order chi connectivity index (χ0) is 27.7. The van der Waals surface area contributed by atoms with E-state index in [0.29, 0.717) is 68.7 Å². The number of aromatic nitrogens is 4. The summed E-state index contributed by atoms with van der Waals surface area (Å²) >= 11 is 0. The molecule has 0 bridgehead atoms. The van der Waals surface area contributed by atoms with Gasteiger partial charge in [0, 0.05) is 11.5 Å². The zero-order valence-electron chi connectivity index (χ0n) is 21.7. The van der Waals surface area contributed by atoms with Gasteiger partial charge in [0.05, 0.1) is 16.5 Å². The first kappa shape index (κ1) is 23.6. The van der Waals surface area contributed by atoms with E-state index < -0.39 is 11.5 Å². The van der Waals surface area contributed by atoms with Crippen LogP contribution in [0.15, 0.2) is 82.3 Å². The van der Waals surface area contributed by atoms with Gasteiger partial charge in [0.25, 0.3) is 0 Å². The molecule has 3 aromatic heterocycles. The molecule has 6 aromatic rings. The van der Waals surface area contributed by atoms with Crippen LogP contribution in [0.4, 0.5) is 4.39 Å². The fraction of sp³-hybridized carbons (Fsp3) is 0.161. The zero-order valence-corrected chi connectivity index (χ0v) is 21.7. The van der Waals surface area contributed by atoms with Crippen LogP contribution >= 0.6 is 0 Å². The van der Waals surface area contributed by atoms with Crippen molar-refractivity contribution in [3.05, 3.63) is 106 Å². The smallest absolute Gasteiger partial charge is 0.343 e. The summed E-state index contributed by atoms with van der Waals surface area (Å²) < 4.78 is 38.4. The maximum Gasteiger partial charge on any atom is 0.343 e. The molecule has 2 aliphatic heterocycles. The van der Waals surface area contributed by atoms with Crippen LogP contribution in [-0.4, -0.2) is 26.4 Å². The van der Waals surface area contributed by atoms with Crippen molar-refractivity contribution in [2.24, 2.45) is 5.92 Å². The first-order valence-electron chi connectivity index (χ1n) is 13.2. The summed E-state index contributed by atoms with van der Waals surface area (Å²) in [4.78, 5) is 23.0. The molecule has 0 saturated carbocycles. The van der Waals surface area contributed by atoms with E-state index in [4.69, 9.17) is 23.6 Å². The molecule has 8 rings (SSSR count). The summed E-state index contributed by atoms with van der Waals surface area (Å²) in [7, 11) is 0. The molecule has 3 aromatic carbocycles. The normalized spacial score (nSPS) is 15.9. The van der Waals surface area contributed by atoms with Crippen molar-refractivity contribution in [2.75, 3.05) is 6.79 Å². The quantitative estimate of drug-likeness (QED) is 0.252. The van der Waals surface area contributed by atoms with Gasteiger partial charge < -0.3 is 18.6 Å². The van der Waals surface area contributed by atoms with Gasteiger partial charge in [-0.15, -0.1) is 5.10 Å². The molecule has 0 fully saturated rings. The highest BCUT2D eigenvalue weighted by molar-refractivity contribution is 5.86. The van der Waals surface area contributed by atoms with Crippen LogP contribution < -0.4 is 19.8 Å². The Labute approximate surface area is 231 Å². The van der Waals surface area contributed by atoms with Crippen molar-refractivity contribution < 1.29 is 23.0 Å². The molecule has 0 aliphatic carbocycles. The third kappa shape index (κ3) is 3.75. The molecular weight excluding hydrogens is 527 g/mol. The highest BCUT2D eigenvalue weighted by Gasteiger charge is 2.39. The van der Waals surface area contributed by atoms with Crippen molar-refractivity contribution in [1.29, 1.82) is 0 Å². The van der Waals surface area contributed by atoms with Crippen LogP contribution in [-0.2, 0) is 6.42 Å². The number of rotatable bonds is 4. The van der Waals surface area contributed by atoms with Crippen LogP contribution in [0.1, 0.15) is 29.5 Å². The predicted octanol–water partition coefficient (Wildman–Crippen LogP) is 5.88. The summed E-state index contributed by atoms with van der Waals surface area (Å²) in [6, 6.07) is 19.1. The Morgan fingerprint density at radius 1 is 1.02 bits per heavy atom. The SMILES string of the molecule is CC(Cc1ccc2c(c1)OCO2)C1c2c(c3ccccc3oc2=O)Oc2ncn3nc(-c4ccc(F)cc4)nc3c21. The van der Waals surface area contributed by atoms with Crippen LogP contribution in [0.2, 0.25) is 0 Å². The van der Waals surface area contributed by atoms with Gasteiger partial charge in [-0.25, -0.2) is 23.7 Å². The van der Waals surface area contributed by atoms with Crippen molar-refractivity contribution in [3.8, 4) is 34.5 Å². The molecule has 2 unspecified atom stereocenters. The molecule has 0 radical (unpaired) electrons. The number of para-hydroxylation sites is 1. The number of hydrogen-bond donors (Lipinski definition) is 0. The molecule has 2 aliphatic rings. The van der Waals surface area contributed by atoms with Crippen molar-refractivity contribution in [3.63, 3.8) is 0 Å². The number of nitrogens with zero attached hydrogens (tertiary/aromatic N) is 4. The van der Waals surface area contributed by atoms with Gasteiger partial charge in [-0.3, -0.25) is 0 Å². The Hall–Kier alpha value is -5.25. The second kappa shape index (κ2) is 8.88. The summed E-state index contributed by atoms with van der Waals surface area (Å²) in [6.07, 6.45) is 2.14. The van der Waals surface area contributed by atoms with Gasteiger partial charge in [0.15, 0.2) is 28.7 Å². The summed E-state index contributed by atoms with van der Waals surface area (Å²) in [5, 5.41) is 5.28. The number of hydrogen-bond acceptors (Lipinski definition) is 8. The highest BCUT2D eigenvalue weighted by atomic mass is 19.1. The number of benzene rings is 3. The highest BCUT2D eigenvalue weighted by Crippen LogP contribution is 2.49. The van der Waals surface area contributed by atoms with Gasteiger partial charge in [-0.2, -0.15) is 0 Å². The summed E-state index contributed by atoms with van der Waals surface area (Å²) in [5.41, 5.74) is 3.17. The van der Waals surface area contributed by atoms with Gasteiger partial charge in [-0.1, -0.05) is 25.1 Å². The lowest BCUT2D eigenvalue weighted by Crippen LogP contribution is -2.26. The van der Waals surface area contributed by atoms with Gasteiger partial charge in [0.1, 0.15) is 17.7 Å². The van der Waals surface area contributed by atoms with Crippen LogP contribution in [0, 0.1) is 11.7 Å². The summed E-state index contributed by atoms with van der Waals surface area (Å²) in [6.45, 7) is 2.26. The maximum atomic E-state index is 13.6. The minimum absolute atomic E-state index is 0.125. The van der Waals surface area contributed by atoms with Gasteiger partial charge in [0.2, 0.25) is 12.7 Å². The van der Waals surface area contributed by atoms with E-state index in [-0.39, 0.29) is 18.5 Å². The molecule has 5 heterocycles.